The first-order chi connectivity index (χ1) is 10.8. The maximum absolute atomic E-state index is 5.99. The van der Waals surface area contributed by atoms with E-state index in [4.69, 9.17) is 4.84 Å². The smallest absolute Gasteiger partial charge is 0.0846 e. The Hall–Kier alpha value is -0.600. The zero-order valence-corrected chi connectivity index (χ0v) is 16.5. The van der Waals surface area contributed by atoms with E-state index in [9.17, 15) is 0 Å². The summed E-state index contributed by atoms with van der Waals surface area (Å²) in [7, 11) is 0. The van der Waals surface area contributed by atoms with Gasteiger partial charge in [-0.3, -0.25) is 4.84 Å². The fourth-order valence-electron chi connectivity index (χ4n) is 3.68. The van der Waals surface area contributed by atoms with Gasteiger partial charge >= 0.3 is 0 Å². The van der Waals surface area contributed by atoms with Gasteiger partial charge in [-0.05, 0) is 63.4 Å². The van der Waals surface area contributed by atoms with Crippen molar-refractivity contribution in [3.8, 4) is 0 Å². The molecule has 1 aliphatic carbocycles. The van der Waals surface area contributed by atoms with E-state index in [2.05, 4.69) is 66.1 Å². The fraction of sp³-hybridized carbons (Fsp3) is 0.810. The van der Waals surface area contributed by atoms with E-state index >= 15 is 0 Å². The lowest BCUT2D eigenvalue weighted by atomic mass is 9.73. The summed E-state index contributed by atoms with van der Waals surface area (Å²) >= 11 is 0. The topological polar surface area (TPSA) is 21.3 Å². The van der Waals surface area contributed by atoms with Crippen LogP contribution in [0.25, 0.3) is 0 Å². The predicted molar refractivity (Wildman–Crippen MR) is 101 cm³/mol. The minimum atomic E-state index is -0.149. The van der Waals surface area contributed by atoms with Crippen LogP contribution in [-0.4, -0.2) is 12.1 Å². The third-order valence-electron chi connectivity index (χ3n) is 5.30. The number of hydrogen-bond acceptors (Lipinski definition) is 2. The average Bonchev–Trinajstić information content (AvgIpc) is 2.90. The Bertz CT molecular complexity index is 408. The van der Waals surface area contributed by atoms with Gasteiger partial charge in [0.1, 0.15) is 0 Å². The van der Waals surface area contributed by atoms with Gasteiger partial charge in [-0.1, -0.05) is 58.3 Å². The van der Waals surface area contributed by atoms with Crippen molar-refractivity contribution in [3.63, 3.8) is 0 Å². The van der Waals surface area contributed by atoms with Crippen LogP contribution >= 0.6 is 0 Å². The Balaban J connectivity index is 2.87. The molecule has 0 fully saturated rings. The SMILES string of the molecule is CCCNOC(C)(C)CC(C1=C(C)CC=C1)C(C)C(C)CCC. The molecule has 134 valence electrons. The summed E-state index contributed by atoms with van der Waals surface area (Å²) in [5.74, 6) is 2.00. The van der Waals surface area contributed by atoms with Crippen LogP contribution in [0.15, 0.2) is 23.3 Å². The first-order valence-electron chi connectivity index (χ1n) is 9.59. The third kappa shape index (κ3) is 6.43. The van der Waals surface area contributed by atoms with Crippen LogP contribution in [0.4, 0.5) is 0 Å². The molecule has 0 radical (unpaired) electrons. The van der Waals surface area contributed by atoms with E-state index in [1.165, 1.54) is 12.8 Å². The predicted octanol–water partition coefficient (Wildman–Crippen LogP) is 6.05. The normalized spacial score (nSPS) is 19.3. The number of hydrogen-bond donors (Lipinski definition) is 1. The molecule has 2 heteroatoms. The van der Waals surface area contributed by atoms with Crippen LogP contribution in [0.2, 0.25) is 0 Å². The molecule has 0 aromatic rings. The second kappa shape index (κ2) is 9.64. The molecule has 1 aliphatic rings. The van der Waals surface area contributed by atoms with Gasteiger partial charge in [0.25, 0.3) is 0 Å². The Labute approximate surface area is 144 Å². The molecule has 0 saturated heterocycles. The van der Waals surface area contributed by atoms with E-state index < -0.39 is 0 Å². The molecule has 0 spiro atoms. The summed E-state index contributed by atoms with van der Waals surface area (Å²) in [6.45, 7) is 17.0. The van der Waals surface area contributed by atoms with Crippen LogP contribution in [0, 0.1) is 17.8 Å². The van der Waals surface area contributed by atoms with E-state index in [1.54, 1.807) is 11.1 Å². The summed E-state index contributed by atoms with van der Waals surface area (Å²) in [6, 6.07) is 0. The third-order valence-corrected chi connectivity index (χ3v) is 5.30. The van der Waals surface area contributed by atoms with Crippen LogP contribution in [0.1, 0.15) is 80.6 Å². The van der Waals surface area contributed by atoms with Gasteiger partial charge in [-0.25, -0.2) is 5.48 Å². The number of hydroxylamine groups is 1. The van der Waals surface area contributed by atoms with Crippen molar-refractivity contribution in [2.45, 2.75) is 86.2 Å². The summed E-state index contributed by atoms with van der Waals surface area (Å²) < 4.78 is 0. The number of rotatable bonds is 11. The molecule has 0 aromatic heterocycles. The zero-order valence-electron chi connectivity index (χ0n) is 16.5. The lowest BCUT2D eigenvalue weighted by Gasteiger charge is -2.36. The molecule has 1 N–H and O–H groups in total. The molecule has 0 amide bonds. The van der Waals surface area contributed by atoms with E-state index in [0.717, 1.165) is 31.7 Å². The minimum absolute atomic E-state index is 0.149. The number of nitrogens with one attached hydrogen (secondary N) is 1. The second-order valence-electron chi connectivity index (χ2n) is 8.03. The maximum Gasteiger partial charge on any atom is 0.0846 e. The van der Waals surface area contributed by atoms with Crippen molar-refractivity contribution in [1.29, 1.82) is 0 Å². The summed E-state index contributed by atoms with van der Waals surface area (Å²) in [5, 5.41) is 0. The Morgan fingerprint density at radius 1 is 1.22 bits per heavy atom. The lowest BCUT2D eigenvalue weighted by molar-refractivity contribution is -0.0974. The first kappa shape index (κ1) is 20.4. The van der Waals surface area contributed by atoms with Gasteiger partial charge < -0.3 is 0 Å². The monoisotopic (exact) mass is 321 g/mol. The number of allylic oxidation sites excluding steroid dienone is 4. The van der Waals surface area contributed by atoms with Crippen molar-refractivity contribution >= 4 is 0 Å². The van der Waals surface area contributed by atoms with E-state index in [1.807, 2.05) is 0 Å². The van der Waals surface area contributed by atoms with Crippen LogP contribution in [-0.2, 0) is 4.84 Å². The molecule has 0 aliphatic heterocycles. The molecule has 0 heterocycles. The van der Waals surface area contributed by atoms with Crippen molar-refractivity contribution in [1.82, 2.24) is 5.48 Å². The van der Waals surface area contributed by atoms with Crippen LogP contribution in [0.5, 0.6) is 0 Å². The van der Waals surface area contributed by atoms with Gasteiger partial charge in [-0.15, -0.1) is 0 Å². The Morgan fingerprint density at radius 2 is 1.91 bits per heavy atom. The highest BCUT2D eigenvalue weighted by Crippen LogP contribution is 2.40. The van der Waals surface area contributed by atoms with E-state index in [-0.39, 0.29) is 5.60 Å². The summed E-state index contributed by atoms with van der Waals surface area (Å²) in [4.78, 5) is 5.99. The first-order valence-corrected chi connectivity index (χ1v) is 9.59. The molecule has 0 saturated carbocycles. The van der Waals surface area contributed by atoms with Gasteiger partial charge in [-0.2, -0.15) is 0 Å². The largest absolute Gasteiger partial charge is 0.296 e. The van der Waals surface area contributed by atoms with Gasteiger partial charge in [0.05, 0.1) is 5.60 Å². The zero-order chi connectivity index (χ0) is 17.5. The standard InChI is InChI=1S/C21H39NO/c1-8-11-16(3)18(5)20(19-13-10-12-17(19)4)15-21(6,7)23-22-14-9-2/h10,13,16,18,20,22H,8-9,11-12,14-15H2,1-7H3. The highest BCUT2D eigenvalue weighted by atomic mass is 16.7. The molecular weight excluding hydrogens is 282 g/mol. The van der Waals surface area contributed by atoms with Crippen molar-refractivity contribution in [2.75, 3.05) is 6.54 Å². The fourth-order valence-corrected chi connectivity index (χ4v) is 3.68. The highest BCUT2D eigenvalue weighted by Gasteiger charge is 2.33. The van der Waals surface area contributed by atoms with Crippen molar-refractivity contribution in [3.05, 3.63) is 23.3 Å². The summed E-state index contributed by atoms with van der Waals surface area (Å²) in [6.07, 6.45) is 10.5. The molecule has 0 aromatic carbocycles. The van der Waals surface area contributed by atoms with Gasteiger partial charge in [0.15, 0.2) is 0 Å². The van der Waals surface area contributed by atoms with Crippen molar-refractivity contribution in [2.24, 2.45) is 17.8 Å². The van der Waals surface area contributed by atoms with Crippen LogP contribution in [0.3, 0.4) is 0 Å². The Kier molecular flexibility index (Phi) is 8.57. The molecule has 3 unspecified atom stereocenters. The summed E-state index contributed by atoms with van der Waals surface area (Å²) in [5.41, 5.74) is 6.10. The maximum atomic E-state index is 5.99. The molecule has 2 nitrogen and oxygen atoms in total. The van der Waals surface area contributed by atoms with Crippen molar-refractivity contribution < 1.29 is 4.84 Å². The molecule has 23 heavy (non-hydrogen) atoms. The minimum Gasteiger partial charge on any atom is -0.296 e. The molecule has 0 bridgehead atoms. The van der Waals surface area contributed by atoms with E-state index in [0.29, 0.717) is 11.8 Å². The van der Waals surface area contributed by atoms with Gasteiger partial charge in [0.2, 0.25) is 0 Å². The molecular formula is C21H39NO. The second-order valence-corrected chi connectivity index (χ2v) is 8.03. The van der Waals surface area contributed by atoms with Gasteiger partial charge in [0, 0.05) is 6.54 Å². The Morgan fingerprint density at radius 3 is 2.43 bits per heavy atom. The quantitative estimate of drug-likeness (QED) is 0.369. The highest BCUT2D eigenvalue weighted by molar-refractivity contribution is 5.35. The molecule has 3 atom stereocenters. The average molecular weight is 322 g/mol. The molecule has 1 rings (SSSR count). The lowest BCUT2D eigenvalue weighted by Crippen LogP contribution is -2.37. The van der Waals surface area contributed by atoms with Crippen LogP contribution < -0.4 is 5.48 Å².